The molecule has 0 amide bonds. The number of hydrogen-bond acceptors (Lipinski definition) is 2. The molecular formula is C12H19NO. The van der Waals surface area contributed by atoms with E-state index in [1.165, 1.54) is 5.56 Å². The molecule has 0 aliphatic heterocycles. The smallest absolute Gasteiger partial charge is 0.159 e. The minimum atomic E-state index is 0. The van der Waals surface area contributed by atoms with Gasteiger partial charge in [-0.1, -0.05) is 38.1 Å². The van der Waals surface area contributed by atoms with Gasteiger partial charge >= 0.3 is 0 Å². The van der Waals surface area contributed by atoms with E-state index < -0.39 is 0 Å². The summed E-state index contributed by atoms with van der Waals surface area (Å²) < 4.78 is 0. The van der Waals surface area contributed by atoms with Crippen LogP contribution in [0.25, 0.3) is 0 Å². The number of Topliss-reactive ketones (excluding diaryl/α,β-unsaturated/α-hetero) is 1. The maximum Gasteiger partial charge on any atom is 0.159 e. The zero-order chi connectivity index (χ0) is 10.6. The summed E-state index contributed by atoms with van der Waals surface area (Å²) in [5, 5.41) is 3.33. The molecule has 14 heavy (non-hydrogen) atoms. The molecule has 0 saturated heterocycles. The van der Waals surface area contributed by atoms with Gasteiger partial charge in [-0.2, -0.15) is 0 Å². The molecule has 0 aliphatic carbocycles. The van der Waals surface area contributed by atoms with Gasteiger partial charge in [0.15, 0.2) is 5.78 Å². The zero-order valence-electron chi connectivity index (χ0n) is 9.00. The molecule has 1 N–H and O–H groups in total. The summed E-state index contributed by atoms with van der Waals surface area (Å²) >= 11 is 0. The summed E-state index contributed by atoms with van der Waals surface area (Å²) in [5.74, 6) is 0.119. The predicted octanol–water partition coefficient (Wildman–Crippen LogP) is 2.63. The fourth-order valence-electron chi connectivity index (χ4n) is 1.18. The van der Waals surface area contributed by atoms with Gasteiger partial charge in [-0.05, 0) is 12.5 Å². The number of carbonyl (C=O) groups excluding carboxylic acids is 1. The first-order valence-corrected chi connectivity index (χ1v) is 4.93. The Bertz CT molecular complexity index is 306. The standard InChI is InChI=1S/C12H17NO.H2/c1-9(2)13-8-11-4-6-12(7-5-11)10(3)14;/h4-7,9,13H,8H2,1-3H3;1H. The van der Waals surface area contributed by atoms with E-state index in [0.29, 0.717) is 6.04 Å². The van der Waals surface area contributed by atoms with Gasteiger partial charge in [0.05, 0.1) is 0 Å². The molecule has 0 atom stereocenters. The fourth-order valence-corrected chi connectivity index (χ4v) is 1.18. The summed E-state index contributed by atoms with van der Waals surface area (Å²) in [6.45, 7) is 6.67. The van der Waals surface area contributed by atoms with Crippen LogP contribution in [0.2, 0.25) is 0 Å². The van der Waals surface area contributed by atoms with Crippen LogP contribution in [0.3, 0.4) is 0 Å². The second kappa shape index (κ2) is 4.91. The van der Waals surface area contributed by atoms with Crippen LogP contribution in [0.5, 0.6) is 0 Å². The SMILES string of the molecule is CC(=O)c1ccc(CNC(C)C)cc1.[HH]. The Hall–Kier alpha value is -1.15. The minimum Gasteiger partial charge on any atom is -0.310 e. The lowest BCUT2D eigenvalue weighted by atomic mass is 10.1. The third-order valence-electron chi connectivity index (χ3n) is 2.07. The summed E-state index contributed by atoms with van der Waals surface area (Å²) in [5.41, 5.74) is 1.99. The first kappa shape index (κ1) is 10.9. The topological polar surface area (TPSA) is 29.1 Å². The lowest BCUT2D eigenvalue weighted by Gasteiger charge is -2.07. The molecule has 0 spiro atoms. The number of ketones is 1. The highest BCUT2D eigenvalue weighted by molar-refractivity contribution is 5.93. The first-order valence-electron chi connectivity index (χ1n) is 4.93. The van der Waals surface area contributed by atoms with Crippen molar-refractivity contribution in [1.29, 1.82) is 0 Å². The van der Waals surface area contributed by atoms with Crippen molar-refractivity contribution in [2.24, 2.45) is 0 Å². The van der Waals surface area contributed by atoms with E-state index in [2.05, 4.69) is 19.2 Å². The minimum absolute atomic E-state index is 0. The fraction of sp³-hybridized carbons (Fsp3) is 0.417. The Kier molecular flexibility index (Phi) is 3.84. The first-order chi connectivity index (χ1) is 6.59. The van der Waals surface area contributed by atoms with Crippen LogP contribution in [0.1, 0.15) is 38.1 Å². The van der Waals surface area contributed by atoms with Gasteiger partial charge in [-0.3, -0.25) is 4.79 Å². The maximum absolute atomic E-state index is 11.0. The second-order valence-electron chi connectivity index (χ2n) is 3.79. The van der Waals surface area contributed by atoms with Crippen LogP contribution in [-0.4, -0.2) is 11.8 Å². The summed E-state index contributed by atoms with van der Waals surface area (Å²) in [6, 6.07) is 8.22. The van der Waals surface area contributed by atoms with Crippen molar-refractivity contribution >= 4 is 5.78 Å². The van der Waals surface area contributed by atoms with Crippen LogP contribution in [-0.2, 0) is 6.54 Å². The lowest BCUT2D eigenvalue weighted by molar-refractivity contribution is 0.101. The van der Waals surface area contributed by atoms with Gasteiger partial charge in [-0.15, -0.1) is 0 Å². The molecule has 2 nitrogen and oxygen atoms in total. The Labute approximate surface area is 86.8 Å². The second-order valence-corrected chi connectivity index (χ2v) is 3.79. The average molecular weight is 193 g/mol. The summed E-state index contributed by atoms with van der Waals surface area (Å²) in [4.78, 5) is 11.0. The van der Waals surface area contributed by atoms with E-state index in [4.69, 9.17) is 0 Å². The van der Waals surface area contributed by atoms with Crippen LogP contribution in [0, 0.1) is 0 Å². The highest BCUT2D eigenvalue weighted by atomic mass is 16.1. The number of rotatable bonds is 4. The van der Waals surface area contributed by atoms with Gasteiger partial charge < -0.3 is 5.32 Å². The molecule has 0 bridgehead atoms. The van der Waals surface area contributed by atoms with Crippen molar-refractivity contribution < 1.29 is 6.22 Å². The predicted molar refractivity (Wildman–Crippen MR) is 60.5 cm³/mol. The van der Waals surface area contributed by atoms with Crippen LogP contribution < -0.4 is 5.32 Å². The molecule has 0 heterocycles. The number of benzene rings is 1. The van der Waals surface area contributed by atoms with E-state index in [9.17, 15) is 4.79 Å². The summed E-state index contributed by atoms with van der Waals surface area (Å²) in [7, 11) is 0. The molecule has 0 aliphatic rings. The maximum atomic E-state index is 11.0. The Balaban J connectivity index is 0.00000196. The third kappa shape index (κ3) is 3.30. The number of hydrogen-bond donors (Lipinski definition) is 1. The Morgan fingerprint density at radius 3 is 2.36 bits per heavy atom. The van der Waals surface area contributed by atoms with Crippen LogP contribution in [0.4, 0.5) is 0 Å². The zero-order valence-corrected chi connectivity index (χ0v) is 9.00. The van der Waals surface area contributed by atoms with Gasteiger partial charge in [0, 0.05) is 19.6 Å². The largest absolute Gasteiger partial charge is 0.310 e. The van der Waals surface area contributed by atoms with Gasteiger partial charge in [-0.25, -0.2) is 0 Å². The van der Waals surface area contributed by atoms with Crippen molar-refractivity contribution in [3.63, 3.8) is 0 Å². The van der Waals surface area contributed by atoms with E-state index in [0.717, 1.165) is 12.1 Å². The van der Waals surface area contributed by atoms with E-state index in [1.54, 1.807) is 6.92 Å². The highest BCUT2D eigenvalue weighted by Gasteiger charge is 1.99. The quantitative estimate of drug-likeness (QED) is 0.745. The average Bonchev–Trinajstić information content (AvgIpc) is 2.15. The van der Waals surface area contributed by atoms with E-state index >= 15 is 0 Å². The molecule has 1 aromatic carbocycles. The van der Waals surface area contributed by atoms with Gasteiger partial charge in [0.25, 0.3) is 0 Å². The number of nitrogens with one attached hydrogen (secondary N) is 1. The third-order valence-corrected chi connectivity index (χ3v) is 2.07. The summed E-state index contributed by atoms with van der Waals surface area (Å²) in [6.07, 6.45) is 0. The molecule has 0 radical (unpaired) electrons. The highest BCUT2D eigenvalue weighted by Crippen LogP contribution is 2.05. The molecule has 2 heteroatoms. The molecule has 0 unspecified atom stereocenters. The van der Waals surface area contributed by atoms with Crippen LogP contribution >= 0.6 is 0 Å². The van der Waals surface area contributed by atoms with E-state index in [-0.39, 0.29) is 7.21 Å². The molecule has 1 rings (SSSR count). The molecule has 1 aromatic rings. The van der Waals surface area contributed by atoms with E-state index in [1.807, 2.05) is 24.3 Å². The van der Waals surface area contributed by atoms with Crippen molar-refractivity contribution in [2.75, 3.05) is 0 Å². The monoisotopic (exact) mass is 193 g/mol. The molecule has 0 saturated carbocycles. The Morgan fingerprint density at radius 2 is 1.93 bits per heavy atom. The normalized spacial score (nSPS) is 10.6. The molecular weight excluding hydrogens is 174 g/mol. The lowest BCUT2D eigenvalue weighted by Crippen LogP contribution is -2.21. The Morgan fingerprint density at radius 1 is 1.36 bits per heavy atom. The molecule has 78 valence electrons. The molecule has 0 aromatic heterocycles. The molecule has 0 fully saturated rings. The number of carbonyl (C=O) groups is 1. The van der Waals surface area contributed by atoms with Crippen molar-refractivity contribution in [3.05, 3.63) is 35.4 Å². The van der Waals surface area contributed by atoms with Crippen molar-refractivity contribution in [2.45, 2.75) is 33.4 Å². The van der Waals surface area contributed by atoms with Gasteiger partial charge in [0.1, 0.15) is 0 Å². The van der Waals surface area contributed by atoms with Crippen molar-refractivity contribution in [3.8, 4) is 0 Å². The van der Waals surface area contributed by atoms with Crippen LogP contribution in [0.15, 0.2) is 24.3 Å². The van der Waals surface area contributed by atoms with Gasteiger partial charge in [0.2, 0.25) is 0 Å². The van der Waals surface area contributed by atoms with Crippen molar-refractivity contribution in [1.82, 2.24) is 5.32 Å².